The average Bonchev–Trinajstić information content (AvgIpc) is 2.51. The number of rotatable bonds is 5. The molecule has 2 aromatic rings. The van der Waals surface area contributed by atoms with E-state index in [1.165, 1.54) is 0 Å². The third kappa shape index (κ3) is 4.75. The number of hydrogen-bond donors (Lipinski definition) is 0. The largest absolute Gasteiger partial charge is 0.488 e. The minimum absolute atomic E-state index is 0.0312. The SMILES string of the molecule is C#CCOC(=O)c1ccc(OCc2cccc(Br)c2)c(I)c1. The normalized spacial score (nSPS) is 9.86. The molecule has 0 fully saturated rings. The zero-order valence-electron chi connectivity index (χ0n) is 11.5. The van der Waals surface area contributed by atoms with Crippen LogP contribution in [0.1, 0.15) is 15.9 Å². The molecule has 0 amide bonds. The van der Waals surface area contributed by atoms with Crippen LogP contribution in [0.3, 0.4) is 0 Å². The summed E-state index contributed by atoms with van der Waals surface area (Å²) in [7, 11) is 0. The van der Waals surface area contributed by atoms with Gasteiger partial charge in [-0.05, 0) is 58.5 Å². The van der Waals surface area contributed by atoms with Crippen LogP contribution in [0.15, 0.2) is 46.9 Å². The van der Waals surface area contributed by atoms with Crippen LogP contribution in [-0.4, -0.2) is 12.6 Å². The van der Waals surface area contributed by atoms with Gasteiger partial charge < -0.3 is 9.47 Å². The van der Waals surface area contributed by atoms with E-state index in [1.807, 2.05) is 24.3 Å². The lowest BCUT2D eigenvalue weighted by Gasteiger charge is -2.10. The third-order valence-corrected chi connectivity index (χ3v) is 4.07. The van der Waals surface area contributed by atoms with E-state index in [0.29, 0.717) is 17.9 Å². The Kier molecular flexibility index (Phi) is 6.28. The van der Waals surface area contributed by atoms with Crippen molar-refractivity contribution in [2.75, 3.05) is 6.61 Å². The number of carbonyl (C=O) groups excluding carboxylic acids is 1. The Morgan fingerprint density at radius 1 is 1.27 bits per heavy atom. The van der Waals surface area contributed by atoms with Crippen LogP contribution < -0.4 is 4.74 Å². The van der Waals surface area contributed by atoms with E-state index in [4.69, 9.17) is 15.9 Å². The van der Waals surface area contributed by atoms with Crippen LogP contribution in [0.2, 0.25) is 0 Å². The fraction of sp³-hybridized carbons (Fsp3) is 0.118. The monoisotopic (exact) mass is 470 g/mol. The molecule has 0 atom stereocenters. The number of benzene rings is 2. The van der Waals surface area contributed by atoms with Crippen LogP contribution in [0.25, 0.3) is 0 Å². The minimum Gasteiger partial charge on any atom is -0.488 e. The lowest BCUT2D eigenvalue weighted by molar-refractivity contribution is 0.0556. The third-order valence-electron chi connectivity index (χ3n) is 2.74. The molecular formula is C17H12BrIO3. The first-order chi connectivity index (χ1) is 10.6. The first-order valence-corrected chi connectivity index (χ1v) is 8.24. The summed E-state index contributed by atoms with van der Waals surface area (Å²) >= 11 is 5.55. The lowest BCUT2D eigenvalue weighted by Crippen LogP contribution is -2.06. The van der Waals surface area contributed by atoms with Crippen LogP contribution in [0.4, 0.5) is 0 Å². The summed E-state index contributed by atoms with van der Waals surface area (Å²) in [6.07, 6.45) is 5.06. The maximum absolute atomic E-state index is 11.7. The van der Waals surface area contributed by atoms with Gasteiger partial charge in [-0.1, -0.05) is 34.0 Å². The molecule has 112 valence electrons. The Labute approximate surface area is 151 Å². The summed E-state index contributed by atoms with van der Waals surface area (Å²) in [6.45, 7) is 0.423. The molecule has 0 spiro atoms. The molecule has 0 saturated carbocycles. The van der Waals surface area contributed by atoms with Gasteiger partial charge in [-0.25, -0.2) is 4.79 Å². The van der Waals surface area contributed by atoms with Crippen molar-refractivity contribution < 1.29 is 14.3 Å². The van der Waals surface area contributed by atoms with Crippen molar-refractivity contribution in [3.63, 3.8) is 0 Å². The van der Waals surface area contributed by atoms with Crippen molar-refractivity contribution in [1.82, 2.24) is 0 Å². The Morgan fingerprint density at radius 2 is 2.09 bits per heavy atom. The maximum atomic E-state index is 11.7. The van der Waals surface area contributed by atoms with Gasteiger partial charge in [0.1, 0.15) is 12.4 Å². The van der Waals surface area contributed by atoms with Crippen LogP contribution in [0.5, 0.6) is 5.75 Å². The molecule has 0 heterocycles. The zero-order valence-corrected chi connectivity index (χ0v) is 15.3. The molecule has 2 rings (SSSR count). The Bertz CT molecular complexity index is 722. The summed E-state index contributed by atoms with van der Waals surface area (Å²) in [5.41, 5.74) is 1.51. The molecule has 0 unspecified atom stereocenters. The topological polar surface area (TPSA) is 35.5 Å². The second kappa shape index (κ2) is 8.20. The molecule has 2 aromatic carbocycles. The van der Waals surface area contributed by atoms with E-state index in [1.54, 1.807) is 18.2 Å². The van der Waals surface area contributed by atoms with Gasteiger partial charge in [0.05, 0.1) is 9.13 Å². The van der Waals surface area contributed by atoms with E-state index in [-0.39, 0.29) is 6.61 Å². The summed E-state index contributed by atoms with van der Waals surface area (Å²) < 4.78 is 12.5. The maximum Gasteiger partial charge on any atom is 0.339 e. The average molecular weight is 471 g/mol. The molecule has 22 heavy (non-hydrogen) atoms. The van der Waals surface area contributed by atoms with Crippen molar-refractivity contribution in [2.24, 2.45) is 0 Å². The number of terminal acetylenes is 1. The van der Waals surface area contributed by atoms with Gasteiger partial charge in [-0.3, -0.25) is 0 Å². The molecule has 3 nitrogen and oxygen atoms in total. The smallest absolute Gasteiger partial charge is 0.339 e. The predicted molar refractivity (Wildman–Crippen MR) is 96.7 cm³/mol. The molecule has 0 aliphatic rings. The predicted octanol–water partition coefficient (Wildman–Crippen LogP) is 4.42. The first-order valence-electron chi connectivity index (χ1n) is 6.37. The van der Waals surface area contributed by atoms with Crippen LogP contribution in [0, 0.1) is 15.9 Å². The summed E-state index contributed by atoms with van der Waals surface area (Å²) in [6, 6.07) is 13.0. The fourth-order valence-electron chi connectivity index (χ4n) is 1.72. The number of hydrogen-bond acceptors (Lipinski definition) is 3. The first kappa shape index (κ1) is 16.8. The van der Waals surface area contributed by atoms with Gasteiger partial charge in [0.15, 0.2) is 6.61 Å². The van der Waals surface area contributed by atoms with Gasteiger partial charge in [-0.2, -0.15) is 0 Å². The van der Waals surface area contributed by atoms with Gasteiger partial charge >= 0.3 is 5.97 Å². The molecule has 0 aliphatic heterocycles. The molecule has 0 saturated heterocycles. The Morgan fingerprint density at radius 3 is 2.77 bits per heavy atom. The van der Waals surface area contributed by atoms with E-state index in [9.17, 15) is 4.79 Å². The Hall–Kier alpha value is -1.52. The van der Waals surface area contributed by atoms with E-state index in [2.05, 4.69) is 44.4 Å². The lowest BCUT2D eigenvalue weighted by atomic mass is 10.2. The van der Waals surface area contributed by atoms with Crippen molar-refractivity contribution in [3.8, 4) is 18.1 Å². The highest BCUT2D eigenvalue weighted by molar-refractivity contribution is 14.1. The summed E-state index contributed by atoms with van der Waals surface area (Å²) in [5.74, 6) is 2.54. The van der Waals surface area contributed by atoms with E-state index in [0.717, 1.165) is 13.6 Å². The van der Waals surface area contributed by atoms with Crippen molar-refractivity contribution in [2.45, 2.75) is 6.61 Å². The molecule has 0 aromatic heterocycles. The van der Waals surface area contributed by atoms with Gasteiger partial charge in [0.25, 0.3) is 0 Å². The zero-order chi connectivity index (χ0) is 15.9. The van der Waals surface area contributed by atoms with Gasteiger partial charge in [0, 0.05) is 4.47 Å². The van der Waals surface area contributed by atoms with Gasteiger partial charge in [0.2, 0.25) is 0 Å². The molecular weight excluding hydrogens is 459 g/mol. The van der Waals surface area contributed by atoms with Gasteiger partial charge in [-0.15, -0.1) is 6.42 Å². The number of halogens is 2. The fourth-order valence-corrected chi connectivity index (χ4v) is 2.84. The highest BCUT2D eigenvalue weighted by atomic mass is 127. The molecule has 0 radical (unpaired) electrons. The Balaban J connectivity index is 2.04. The number of carbonyl (C=O) groups is 1. The van der Waals surface area contributed by atoms with E-state index < -0.39 is 5.97 Å². The molecule has 0 aliphatic carbocycles. The van der Waals surface area contributed by atoms with Crippen LogP contribution in [-0.2, 0) is 11.3 Å². The van der Waals surface area contributed by atoms with Crippen molar-refractivity contribution in [3.05, 3.63) is 61.6 Å². The van der Waals surface area contributed by atoms with Crippen molar-refractivity contribution >= 4 is 44.5 Å². The van der Waals surface area contributed by atoms with Crippen molar-refractivity contribution in [1.29, 1.82) is 0 Å². The van der Waals surface area contributed by atoms with E-state index >= 15 is 0 Å². The second-order valence-corrected chi connectivity index (χ2v) is 6.42. The second-order valence-electron chi connectivity index (χ2n) is 4.34. The number of esters is 1. The highest BCUT2D eigenvalue weighted by Crippen LogP contribution is 2.24. The van der Waals surface area contributed by atoms with Crippen LogP contribution >= 0.6 is 38.5 Å². The standard InChI is InChI=1S/C17H12BrIO3/c1-2-8-21-17(20)13-6-7-16(15(19)10-13)22-11-12-4-3-5-14(18)9-12/h1,3-7,9-10H,8,11H2. The summed E-state index contributed by atoms with van der Waals surface area (Å²) in [4.78, 5) is 11.7. The molecule has 5 heteroatoms. The molecule has 0 N–H and O–H groups in total. The summed E-state index contributed by atoms with van der Waals surface area (Å²) in [5, 5.41) is 0. The quantitative estimate of drug-likeness (QED) is 0.368. The molecule has 0 bridgehead atoms. The number of ether oxygens (including phenoxy) is 2. The minimum atomic E-state index is -0.436. The highest BCUT2D eigenvalue weighted by Gasteiger charge is 2.10.